The highest BCUT2D eigenvalue weighted by molar-refractivity contribution is 7.16. The average molecular weight is 389 g/mol. The second kappa shape index (κ2) is 8.42. The van der Waals surface area contributed by atoms with Crippen molar-refractivity contribution in [2.45, 2.75) is 32.7 Å². The van der Waals surface area contributed by atoms with Gasteiger partial charge < -0.3 is 9.30 Å². The number of hydrogen-bond donors (Lipinski definition) is 0. The molecule has 0 spiro atoms. The Kier molecular flexibility index (Phi) is 6.00. The molecule has 0 bridgehead atoms. The minimum absolute atomic E-state index is 0.0291. The molecule has 136 valence electrons. The van der Waals surface area contributed by atoms with Crippen molar-refractivity contribution in [1.82, 2.24) is 4.57 Å². The first-order valence-corrected chi connectivity index (χ1v) is 10.1. The average Bonchev–Trinajstić information content (AvgIpc) is 3.28. The number of rotatable bonds is 6. The first kappa shape index (κ1) is 18.5. The third kappa shape index (κ3) is 4.11. The summed E-state index contributed by atoms with van der Waals surface area (Å²) in [5.41, 5.74) is 2.14. The van der Waals surface area contributed by atoms with E-state index in [0.717, 1.165) is 29.5 Å². The van der Waals surface area contributed by atoms with Crippen LogP contribution in [0, 0.1) is 0 Å². The Bertz CT molecular complexity index is 984. The molecule has 0 saturated carbocycles. The molecule has 5 nitrogen and oxygen atoms in total. The maximum atomic E-state index is 12.4. The van der Waals surface area contributed by atoms with Crippen LogP contribution in [-0.2, 0) is 22.5 Å². The summed E-state index contributed by atoms with van der Waals surface area (Å²) in [6, 6.07) is 9.76. The highest BCUT2D eigenvalue weighted by Gasteiger charge is 2.13. The number of carbonyl (C=O) groups excluding carboxylic acids is 2. The van der Waals surface area contributed by atoms with Gasteiger partial charge >= 0.3 is 5.97 Å². The van der Waals surface area contributed by atoms with E-state index in [0.29, 0.717) is 9.68 Å². The Balaban J connectivity index is 2.08. The molecule has 1 aromatic carbocycles. The van der Waals surface area contributed by atoms with Crippen LogP contribution in [0.15, 0.2) is 40.7 Å². The number of fused-ring (bicyclic) bond motifs is 1. The Hall–Kier alpha value is -2.25. The Morgan fingerprint density at radius 1 is 1.27 bits per heavy atom. The highest BCUT2D eigenvalue weighted by Crippen LogP contribution is 2.21. The summed E-state index contributed by atoms with van der Waals surface area (Å²) in [6.45, 7) is 2.20. The van der Waals surface area contributed by atoms with Crippen molar-refractivity contribution in [2.75, 3.05) is 7.11 Å². The lowest BCUT2D eigenvalue weighted by atomic mass is 10.1. The van der Waals surface area contributed by atoms with E-state index in [1.165, 1.54) is 35.3 Å². The molecule has 2 aromatic heterocycles. The van der Waals surface area contributed by atoms with Gasteiger partial charge in [-0.1, -0.05) is 36.8 Å². The summed E-state index contributed by atoms with van der Waals surface area (Å²) in [5.74, 6) is -0.666. The van der Waals surface area contributed by atoms with Crippen molar-refractivity contribution >= 4 is 44.8 Å². The monoisotopic (exact) mass is 388 g/mol. The summed E-state index contributed by atoms with van der Waals surface area (Å²) < 4.78 is 7.57. The van der Waals surface area contributed by atoms with E-state index in [1.54, 1.807) is 10.6 Å². The molecule has 0 unspecified atom stereocenters. The zero-order chi connectivity index (χ0) is 18.5. The van der Waals surface area contributed by atoms with Gasteiger partial charge in [-0.05, 0) is 42.0 Å². The van der Waals surface area contributed by atoms with E-state index < -0.39 is 0 Å². The molecule has 0 fully saturated rings. The fourth-order valence-electron chi connectivity index (χ4n) is 2.63. The number of nitrogens with zero attached hydrogens (tertiary/aromatic N) is 2. The van der Waals surface area contributed by atoms with Crippen molar-refractivity contribution in [3.63, 3.8) is 0 Å². The number of ether oxygens (including phenoxy) is 1. The second-order valence-electron chi connectivity index (χ2n) is 5.85. The number of esters is 1. The first-order chi connectivity index (χ1) is 12.6. The number of amides is 1. The topological polar surface area (TPSA) is 60.7 Å². The zero-order valence-corrected chi connectivity index (χ0v) is 16.4. The lowest BCUT2D eigenvalue weighted by molar-refractivity contribution is -0.141. The van der Waals surface area contributed by atoms with Crippen molar-refractivity contribution in [3.8, 4) is 0 Å². The fraction of sp³-hybridized carbons (Fsp3) is 0.316. The van der Waals surface area contributed by atoms with Crippen molar-refractivity contribution < 1.29 is 14.3 Å². The largest absolute Gasteiger partial charge is 0.468 e. The van der Waals surface area contributed by atoms with Gasteiger partial charge in [-0.3, -0.25) is 9.59 Å². The molecule has 0 aliphatic carbocycles. The van der Waals surface area contributed by atoms with E-state index in [4.69, 9.17) is 4.74 Å². The normalized spacial score (nSPS) is 11.8. The summed E-state index contributed by atoms with van der Waals surface area (Å²) in [4.78, 5) is 29.6. The summed E-state index contributed by atoms with van der Waals surface area (Å²) in [5, 5.41) is 1.84. The number of benzene rings is 1. The van der Waals surface area contributed by atoms with Gasteiger partial charge in [0.05, 0.1) is 22.2 Å². The van der Waals surface area contributed by atoms with Gasteiger partial charge in [0.1, 0.15) is 6.54 Å². The van der Waals surface area contributed by atoms with Gasteiger partial charge in [0.25, 0.3) is 5.91 Å². The summed E-state index contributed by atoms with van der Waals surface area (Å²) in [6.07, 6.45) is 3.29. The lowest BCUT2D eigenvalue weighted by Crippen LogP contribution is -2.22. The maximum absolute atomic E-state index is 12.4. The molecule has 2 heterocycles. The maximum Gasteiger partial charge on any atom is 0.325 e. The summed E-state index contributed by atoms with van der Waals surface area (Å²) >= 11 is 2.78. The number of carbonyl (C=O) groups is 2. The molecule has 7 heteroatoms. The van der Waals surface area contributed by atoms with Crippen molar-refractivity contribution in [3.05, 3.63) is 51.0 Å². The number of unbranched alkanes of at least 4 members (excludes halogenated alkanes) is 1. The third-order valence-corrected chi connectivity index (χ3v) is 5.91. The van der Waals surface area contributed by atoms with E-state index in [1.807, 2.05) is 17.5 Å². The molecule has 3 aromatic rings. The first-order valence-electron chi connectivity index (χ1n) is 8.44. The molecule has 0 aliphatic heterocycles. The van der Waals surface area contributed by atoms with E-state index in [2.05, 4.69) is 24.0 Å². The quantitative estimate of drug-likeness (QED) is 0.599. The molecule has 3 rings (SSSR count). The van der Waals surface area contributed by atoms with Crippen LogP contribution in [0.3, 0.4) is 0 Å². The van der Waals surface area contributed by atoms with Gasteiger partial charge in [0.15, 0.2) is 4.80 Å². The second-order valence-corrected chi connectivity index (χ2v) is 7.80. The van der Waals surface area contributed by atoms with Gasteiger partial charge in [-0.2, -0.15) is 4.99 Å². The number of hydrogen-bond acceptors (Lipinski definition) is 5. The predicted molar refractivity (Wildman–Crippen MR) is 105 cm³/mol. The zero-order valence-electron chi connectivity index (χ0n) is 14.7. The number of aryl methyl sites for hydroxylation is 1. The van der Waals surface area contributed by atoms with E-state index in [-0.39, 0.29) is 18.4 Å². The van der Waals surface area contributed by atoms with Crippen LogP contribution in [0.5, 0.6) is 0 Å². The molecular weight excluding hydrogens is 368 g/mol. The SMILES string of the molecule is CCCCc1ccc2c(c1)sc(=NC(=O)c1cccs1)n2CC(=O)OC. The van der Waals surface area contributed by atoms with Crippen LogP contribution in [0.2, 0.25) is 0 Å². The Labute approximate surface area is 159 Å². The van der Waals surface area contributed by atoms with Crippen LogP contribution in [0.1, 0.15) is 35.0 Å². The van der Waals surface area contributed by atoms with E-state index in [9.17, 15) is 9.59 Å². The lowest BCUT2D eigenvalue weighted by Gasteiger charge is -2.04. The van der Waals surface area contributed by atoms with Gasteiger partial charge in [-0.15, -0.1) is 11.3 Å². The molecule has 0 saturated heterocycles. The van der Waals surface area contributed by atoms with Crippen LogP contribution < -0.4 is 4.80 Å². The number of aromatic nitrogens is 1. The van der Waals surface area contributed by atoms with E-state index >= 15 is 0 Å². The van der Waals surface area contributed by atoms with Crippen LogP contribution in [0.25, 0.3) is 10.2 Å². The van der Waals surface area contributed by atoms with Crippen LogP contribution in [0.4, 0.5) is 0 Å². The number of methoxy groups -OCH3 is 1. The molecular formula is C19H20N2O3S2. The molecule has 0 radical (unpaired) electrons. The molecule has 0 atom stereocenters. The van der Waals surface area contributed by atoms with Gasteiger partial charge in [0.2, 0.25) is 0 Å². The molecule has 0 aliphatic rings. The Morgan fingerprint density at radius 2 is 2.12 bits per heavy atom. The van der Waals surface area contributed by atoms with Gasteiger partial charge in [0, 0.05) is 0 Å². The standard InChI is InChI=1S/C19H20N2O3S2/c1-3-4-6-13-8-9-14-16(11-13)26-19(21(14)12-17(22)24-2)20-18(23)15-7-5-10-25-15/h5,7-11H,3-4,6,12H2,1-2H3. The molecule has 26 heavy (non-hydrogen) atoms. The Morgan fingerprint density at radius 3 is 2.81 bits per heavy atom. The van der Waals surface area contributed by atoms with Crippen LogP contribution in [-0.4, -0.2) is 23.6 Å². The number of thiophene rings is 1. The van der Waals surface area contributed by atoms with Gasteiger partial charge in [-0.25, -0.2) is 0 Å². The minimum atomic E-state index is -0.371. The molecule has 0 N–H and O–H groups in total. The minimum Gasteiger partial charge on any atom is -0.468 e. The fourth-order valence-corrected chi connectivity index (χ4v) is 4.33. The van der Waals surface area contributed by atoms with Crippen molar-refractivity contribution in [2.24, 2.45) is 4.99 Å². The third-order valence-electron chi connectivity index (χ3n) is 4.01. The predicted octanol–water partition coefficient (Wildman–Crippen LogP) is 4.02. The highest BCUT2D eigenvalue weighted by atomic mass is 32.1. The van der Waals surface area contributed by atoms with Crippen LogP contribution >= 0.6 is 22.7 Å². The smallest absolute Gasteiger partial charge is 0.325 e. The number of thiazole rings is 1. The summed E-state index contributed by atoms with van der Waals surface area (Å²) in [7, 11) is 1.36. The van der Waals surface area contributed by atoms with Crippen molar-refractivity contribution in [1.29, 1.82) is 0 Å². The molecule has 1 amide bonds.